The van der Waals surface area contributed by atoms with Crippen LogP contribution in [0.3, 0.4) is 0 Å². The number of esters is 1. The first-order valence-electron chi connectivity index (χ1n) is 14.6. The number of hydrogen-bond acceptors (Lipinski definition) is 9. The zero-order valence-electron chi connectivity index (χ0n) is 25.8. The number of nitro groups is 1. The monoisotopic (exact) mass is 654 g/mol. The molecule has 3 atom stereocenters. The van der Waals surface area contributed by atoms with E-state index in [1.54, 1.807) is 0 Å². The number of nitro benzene ring substituents is 1. The van der Waals surface area contributed by atoms with Crippen LogP contribution < -0.4 is 15.4 Å². The van der Waals surface area contributed by atoms with E-state index < -0.39 is 50.9 Å². The first-order valence-corrected chi connectivity index (χ1v) is 16.1. The highest BCUT2D eigenvalue weighted by Gasteiger charge is 2.34. The van der Waals surface area contributed by atoms with Crippen molar-refractivity contribution in [2.45, 2.75) is 61.5 Å². The molecule has 0 aromatic heterocycles. The van der Waals surface area contributed by atoms with Crippen LogP contribution in [0, 0.1) is 10.1 Å². The lowest BCUT2D eigenvalue weighted by atomic mass is 9.84. The smallest absolute Gasteiger partial charge is 0.407 e. The van der Waals surface area contributed by atoms with Gasteiger partial charge in [0.2, 0.25) is 15.9 Å². The maximum absolute atomic E-state index is 13.8. The summed E-state index contributed by atoms with van der Waals surface area (Å²) in [6.45, 7) is 1.87. The van der Waals surface area contributed by atoms with Crippen LogP contribution in [0.5, 0.6) is 0 Å². The van der Waals surface area contributed by atoms with Crippen molar-refractivity contribution in [2.75, 3.05) is 14.2 Å². The average Bonchev–Trinajstić information content (AvgIpc) is 3.07. The Morgan fingerprint density at radius 2 is 1.39 bits per heavy atom. The molecule has 0 radical (unpaired) electrons. The van der Waals surface area contributed by atoms with Crippen molar-refractivity contribution >= 4 is 33.7 Å². The molecule has 0 aliphatic carbocycles. The lowest BCUT2D eigenvalue weighted by Crippen LogP contribution is -2.52. The molecule has 3 aromatic carbocycles. The Morgan fingerprint density at radius 3 is 1.87 bits per heavy atom. The van der Waals surface area contributed by atoms with Gasteiger partial charge >= 0.3 is 12.1 Å². The average molecular weight is 655 g/mol. The second-order valence-electron chi connectivity index (χ2n) is 10.4. The number of hydrogen-bond donors (Lipinski definition) is 3. The quantitative estimate of drug-likeness (QED) is 0.117. The Hall–Kier alpha value is -4.82. The van der Waals surface area contributed by atoms with E-state index in [4.69, 9.17) is 9.47 Å². The molecule has 3 aromatic rings. The molecule has 3 N–H and O–H groups in total. The van der Waals surface area contributed by atoms with Crippen molar-refractivity contribution in [3.05, 3.63) is 106 Å². The Balaban J connectivity index is 1.75. The highest BCUT2D eigenvalue weighted by molar-refractivity contribution is 7.89. The molecular weight excluding hydrogens is 616 g/mol. The molecule has 0 saturated carbocycles. The van der Waals surface area contributed by atoms with Gasteiger partial charge < -0.3 is 20.1 Å². The van der Waals surface area contributed by atoms with E-state index >= 15 is 0 Å². The minimum Gasteiger partial charge on any atom is -0.468 e. The SMILES string of the molecule is CC[C@@H](CCC[C@H](NS(=O)(=O)c1ccc([N+](=O)[O-])cc1)C(=O)OC)NC(=O)C(NC(=O)OC)C(c1ccccc1)c1ccccc1. The van der Waals surface area contributed by atoms with Crippen molar-refractivity contribution in [1.82, 2.24) is 15.4 Å². The van der Waals surface area contributed by atoms with E-state index in [1.807, 2.05) is 67.6 Å². The minimum atomic E-state index is -4.22. The van der Waals surface area contributed by atoms with Gasteiger partial charge in [0.25, 0.3) is 5.69 Å². The predicted molar refractivity (Wildman–Crippen MR) is 169 cm³/mol. The lowest BCUT2D eigenvalue weighted by molar-refractivity contribution is -0.384. The molecule has 13 nitrogen and oxygen atoms in total. The van der Waals surface area contributed by atoms with Crippen LogP contribution in [-0.4, -0.2) is 63.7 Å². The fourth-order valence-corrected chi connectivity index (χ4v) is 6.21. The van der Waals surface area contributed by atoms with Crippen molar-refractivity contribution in [3.63, 3.8) is 0 Å². The van der Waals surface area contributed by atoms with Crippen molar-refractivity contribution in [1.29, 1.82) is 0 Å². The molecule has 0 bridgehead atoms. The van der Waals surface area contributed by atoms with Crippen LogP contribution in [0.1, 0.15) is 49.7 Å². The summed E-state index contributed by atoms with van der Waals surface area (Å²) in [5.41, 5.74) is 1.33. The van der Waals surface area contributed by atoms with Crippen molar-refractivity contribution < 1.29 is 37.2 Å². The second-order valence-corrected chi connectivity index (χ2v) is 12.1. The second kappa shape index (κ2) is 17.0. The van der Waals surface area contributed by atoms with E-state index in [9.17, 15) is 32.9 Å². The summed E-state index contributed by atoms with van der Waals surface area (Å²) in [6, 6.07) is 20.2. The molecule has 46 heavy (non-hydrogen) atoms. The molecule has 0 fully saturated rings. The molecule has 2 amide bonds. The summed E-state index contributed by atoms with van der Waals surface area (Å²) >= 11 is 0. The van der Waals surface area contributed by atoms with Gasteiger partial charge in [-0.1, -0.05) is 67.6 Å². The molecule has 3 rings (SSSR count). The van der Waals surface area contributed by atoms with Crippen LogP contribution in [0.2, 0.25) is 0 Å². The van der Waals surface area contributed by atoms with Gasteiger partial charge in [0, 0.05) is 24.1 Å². The van der Waals surface area contributed by atoms with Crippen LogP contribution >= 0.6 is 0 Å². The minimum absolute atomic E-state index is 0.0474. The number of rotatable bonds is 16. The number of nitrogens with zero attached hydrogens (tertiary/aromatic N) is 1. The highest BCUT2D eigenvalue weighted by atomic mass is 32.2. The Labute approximate surface area is 267 Å². The number of carbonyl (C=O) groups is 3. The van der Waals surface area contributed by atoms with Gasteiger partial charge in [-0.05, 0) is 48.9 Å². The van der Waals surface area contributed by atoms with Gasteiger partial charge in [0.05, 0.1) is 24.0 Å². The number of amides is 2. The summed E-state index contributed by atoms with van der Waals surface area (Å²) in [6.07, 6.45) is 0.478. The standard InChI is InChI=1S/C32H38N4O9S/c1-4-24(16-11-17-27(31(38)44-2)35-46(42,43)26-20-18-25(19-21-26)36(40)41)33-30(37)29(34-32(39)45-3)28(22-12-7-5-8-13-22)23-14-9-6-10-15-23/h5-10,12-15,18-21,24,27-29,35H,4,11,16-17H2,1-3H3,(H,33,37)(H,34,39)/t24-,27-,29?/m0/s1. The molecule has 0 aliphatic heterocycles. The lowest BCUT2D eigenvalue weighted by Gasteiger charge is -2.29. The zero-order chi connectivity index (χ0) is 33.7. The molecular formula is C32H38N4O9S. The van der Waals surface area contributed by atoms with Crippen molar-refractivity contribution in [2.24, 2.45) is 0 Å². The normalized spacial score (nSPS) is 13.2. The predicted octanol–water partition coefficient (Wildman–Crippen LogP) is 4.04. The van der Waals surface area contributed by atoms with Gasteiger partial charge in [-0.25, -0.2) is 13.2 Å². The maximum Gasteiger partial charge on any atom is 0.407 e. The summed E-state index contributed by atoms with van der Waals surface area (Å²) in [7, 11) is -1.87. The Kier molecular flexibility index (Phi) is 13.2. The molecule has 246 valence electrons. The number of alkyl carbamates (subject to hydrolysis) is 1. The third kappa shape index (κ3) is 9.84. The maximum atomic E-state index is 13.8. The van der Waals surface area contributed by atoms with Gasteiger partial charge in [0.15, 0.2) is 0 Å². The van der Waals surface area contributed by atoms with Crippen LogP contribution in [-0.2, 0) is 29.1 Å². The molecule has 14 heteroatoms. The number of nitrogens with one attached hydrogen (secondary N) is 3. The molecule has 1 unspecified atom stereocenters. The molecule has 0 aliphatic rings. The van der Waals surface area contributed by atoms with E-state index in [0.717, 1.165) is 42.5 Å². The first-order chi connectivity index (χ1) is 22.0. The number of benzene rings is 3. The van der Waals surface area contributed by atoms with Crippen molar-refractivity contribution in [3.8, 4) is 0 Å². The number of ether oxygens (including phenoxy) is 2. The van der Waals surface area contributed by atoms with E-state index in [0.29, 0.717) is 19.3 Å². The zero-order valence-corrected chi connectivity index (χ0v) is 26.6. The van der Waals surface area contributed by atoms with Gasteiger partial charge in [0.1, 0.15) is 12.1 Å². The summed E-state index contributed by atoms with van der Waals surface area (Å²) in [4.78, 5) is 48.7. The fourth-order valence-electron chi connectivity index (χ4n) is 4.99. The number of sulfonamides is 1. The first kappa shape index (κ1) is 35.7. The largest absolute Gasteiger partial charge is 0.468 e. The van der Waals surface area contributed by atoms with Crippen LogP contribution in [0.25, 0.3) is 0 Å². The Morgan fingerprint density at radius 1 is 0.826 bits per heavy atom. The number of carbonyl (C=O) groups excluding carboxylic acids is 3. The van der Waals surface area contributed by atoms with Gasteiger partial charge in [-0.2, -0.15) is 4.72 Å². The van der Waals surface area contributed by atoms with Crippen LogP contribution in [0.15, 0.2) is 89.8 Å². The topological polar surface area (TPSA) is 183 Å². The van der Waals surface area contributed by atoms with E-state index in [-0.39, 0.29) is 23.0 Å². The van der Waals surface area contributed by atoms with Gasteiger partial charge in [-0.15, -0.1) is 0 Å². The summed E-state index contributed by atoms with van der Waals surface area (Å²) in [5, 5.41) is 16.6. The van der Waals surface area contributed by atoms with Gasteiger partial charge in [-0.3, -0.25) is 19.7 Å². The summed E-state index contributed by atoms with van der Waals surface area (Å²) in [5.74, 6) is -1.80. The number of methoxy groups -OCH3 is 2. The summed E-state index contributed by atoms with van der Waals surface area (Å²) < 4.78 is 37.8. The molecule has 0 spiro atoms. The highest BCUT2D eigenvalue weighted by Crippen LogP contribution is 2.29. The third-order valence-corrected chi connectivity index (χ3v) is 8.91. The van der Waals surface area contributed by atoms with E-state index in [1.165, 1.54) is 7.11 Å². The van der Waals surface area contributed by atoms with E-state index in [2.05, 4.69) is 15.4 Å². The molecule has 0 heterocycles. The Bertz CT molecular complexity index is 1530. The van der Waals surface area contributed by atoms with Crippen LogP contribution in [0.4, 0.5) is 10.5 Å². The molecule has 0 saturated heterocycles. The number of non-ortho nitro benzene ring substituents is 1. The fraction of sp³-hybridized carbons (Fsp3) is 0.344. The third-order valence-electron chi connectivity index (χ3n) is 7.42.